The van der Waals surface area contributed by atoms with Crippen LogP contribution < -0.4 is 5.73 Å². The molecule has 108 valence electrons. The predicted molar refractivity (Wildman–Crippen MR) is 75.3 cm³/mol. The van der Waals surface area contributed by atoms with Gasteiger partial charge in [-0.2, -0.15) is 0 Å². The highest BCUT2D eigenvalue weighted by atomic mass is 32.2. The normalized spacial score (nSPS) is 12.8. The van der Waals surface area contributed by atoms with Crippen molar-refractivity contribution in [3.8, 4) is 0 Å². The van der Waals surface area contributed by atoms with Gasteiger partial charge in [-0.25, -0.2) is 4.39 Å². The van der Waals surface area contributed by atoms with Gasteiger partial charge in [-0.05, 0) is 17.5 Å². The van der Waals surface area contributed by atoms with Gasteiger partial charge in [-0.15, -0.1) is 10.2 Å². The third kappa shape index (κ3) is 4.05. The van der Waals surface area contributed by atoms with Crippen molar-refractivity contribution in [1.82, 2.24) is 10.2 Å². The Morgan fingerprint density at radius 3 is 2.75 bits per heavy atom. The number of thioether (sulfide) groups is 1. The standard InChI is InChI=1S/C14H18FN3OS/c1-9(2)7-12(16)13-17-18-14(19-13)20-8-10-5-3-4-6-11(10)15/h3-6,9,12H,7-8,16H2,1-2H3/p+1/t12-/m0/s1. The Morgan fingerprint density at radius 2 is 2.05 bits per heavy atom. The number of nitrogens with zero attached hydrogens (tertiary/aromatic N) is 2. The van der Waals surface area contributed by atoms with E-state index in [4.69, 9.17) is 4.42 Å². The molecule has 1 aromatic carbocycles. The highest BCUT2D eigenvalue weighted by molar-refractivity contribution is 7.98. The Labute approximate surface area is 122 Å². The SMILES string of the molecule is CC(C)C[C@H]([NH3+])c1nnc(SCc2ccccc2F)o1. The van der Waals surface area contributed by atoms with Crippen molar-refractivity contribution in [3.05, 3.63) is 41.5 Å². The molecule has 0 unspecified atom stereocenters. The van der Waals surface area contributed by atoms with Crippen LogP contribution in [0.4, 0.5) is 4.39 Å². The van der Waals surface area contributed by atoms with Crippen LogP contribution in [0, 0.1) is 11.7 Å². The molecule has 1 aromatic heterocycles. The van der Waals surface area contributed by atoms with Gasteiger partial charge in [0.05, 0.1) is 0 Å². The molecule has 0 bridgehead atoms. The first-order chi connectivity index (χ1) is 9.56. The summed E-state index contributed by atoms with van der Waals surface area (Å²) < 4.78 is 19.0. The minimum Gasteiger partial charge on any atom is -0.410 e. The monoisotopic (exact) mass is 296 g/mol. The molecule has 20 heavy (non-hydrogen) atoms. The zero-order valence-electron chi connectivity index (χ0n) is 11.7. The Morgan fingerprint density at radius 1 is 1.30 bits per heavy atom. The molecule has 0 radical (unpaired) electrons. The summed E-state index contributed by atoms with van der Waals surface area (Å²) in [6.45, 7) is 4.25. The second kappa shape index (κ2) is 6.85. The third-order valence-corrected chi connectivity index (χ3v) is 3.70. The number of hydrogen-bond acceptors (Lipinski definition) is 4. The van der Waals surface area contributed by atoms with E-state index < -0.39 is 0 Å². The first-order valence-corrected chi connectivity index (χ1v) is 7.57. The molecule has 0 saturated carbocycles. The largest absolute Gasteiger partial charge is 0.410 e. The van der Waals surface area contributed by atoms with Crippen molar-refractivity contribution in [1.29, 1.82) is 0 Å². The van der Waals surface area contributed by atoms with Crippen LogP contribution >= 0.6 is 11.8 Å². The Bertz CT molecular complexity index is 559. The molecule has 1 atom stereocenters. The third-order valence-electron chi connectivity index (χ3n) is 2.84. The Kier molecular flexibility index (Phi) is 5.14. The van der Waals surface area contributed by atoms with Gasteiger partial charge in [0.15, 0.2) is 6.04 Å². The van der Waals surface area contributed by atoms with Crippen LogP contribution in [0.3, 0.4) is 0 Å². The maximum Gasteiger partial charge on any atom is 0.277 e. The van der Waals surface area contributed by atoms with Gasteiger partial charge in [-0.3, -0.25) is 0 Å². The minimum atomic E-state index is -0.213. The molecule has 6 heteroatoms. The molecular formula is C14H19FN3OS+. The summed E-state index contributed by atoms with van der Waals surface area (Å²) in [4.78, 5) is 0. The van der Waals surface area contributed by atoms with E-state index in [2.05, 4.69) is 29.8 Å². The zero-order valence-corrected chi connectivity index (χ0v) is 12.5. The fourth-order valence-corrected chi connectivity index (χ4v) is 2.62. The van der Waals surface area contributed by atoms with Crippen LogP contribution in [-0.4, -0.2) is 10.2 Å². The van der Waals surface area contributed by atoms with Crippen molar-refractivity contribution >= 4 is 11.8 Å². The number of rotatable bonds is 6. The first-order valence-electron chi connectivity index (χ1n) is 6.59. The van der Waals surface area contributed by atoms with E-state index in [1.165, 1.54) is 17.8 Å². The summed E-state index contributed by atoms with van der Waals surface area (Å²) in [5, 5.41) is 8.44. The summed E-state index contributed by atoms with van der Waals surface area (Å²) >= 11 is 1.34. The van der Waals surface area contributed by atoms with E-state index in [-0.39, 0.29) is 11.9 Å². The minimum absolute atomic E-state index is 0.00492. The van der Waals surface area contributed by atoms with Crippen molar-refractivity contribution in [3.63, 3.8) is 0 Å². The lowest BCUT2D eigenvalue weighted by Crippen LogP contribution is -2.54. The molecule has 0 aliphatic rings. The van der Waals surface area contributed by atoms with E-state index in [9.17, 15) is 4.39 Å². The summed E-state index contributed by atoms with van der Waals surface area (Å²) in [6.07, 6.45) is 0.902. The molecule has 4 nitrogen and oxygen atoms in total. The number of benzene rings is 1. The second-order valence-corrected chi connectivity index (χ2v) is 6.04. The zero-order chi connectivity index (χ0) is 14.5. The summed E-state index contributed by atoms with van der Waals surface area (Å²) in [5.74, 6) is 1.34. The lowest BCUT2D eigenvalue weighted by atomic mass is 10.1. The highest BCUT2D eigenvalue weighted by Gasteiger charge is 2.19. The van der Waals surface area contributed by atoms with Crippen molar-refractivity contribution in [2.75, 3.05) is 0 Å². The molecule has 0 spiro atoms. The number of hydrogen-bond donors (Lipinski definition) is 1. The van der Waals surface area contributed by atoms with E-state index in [1.807, 2.05) is 6.07 Å². The van der Waals surface area contributed by atoms with Gasteiger partial charge in [0.2, 0.25) is 0 Å². The Balaban J connectivity index is 1.95. The van der Waals surface area contributed by atoms with Crippen LogP contribution in [0.1, 0.15) is 37.8 Å². The molecule has 1 heterocycles. The predicted octanol–water partition coefficient (Wildman–Crippen LogP) is 2.83. The molecule has 0 aliphatic heterocycles. The summed E-state index contributed by atoms with van der Waals surface area (Å²) in [5.41, 5.74) is 4.66. The first kappa shape index (κ1) is 15.0. The second-order valence-electron chi connectivity index (χ2n) is 5.11. The van der Waals surface area contributed by atoms with Gasteiger partial charge in [0, 0.05) is 12.2 Å². The molecule has 0 fully saturated rings. The average molecular weight is 296 g/mol. The lowest BCUT2D eigenvalue weighted by molar-refractivity contribution is -0.435. The van der Waals surface area contributed by atoms with Gasteiger partial charge in [-0.1, -0.05) is 43.8 Å². The van der Waals surface area contributed by atoms with E-state index in [0.29, 0.717) is 28.3 Å². The van der Waals surface area contributed by atoms with Gasteiger partial charge < -0.3 is 10.2 Å². The lowest BCUT2D eigenvalue weighted by Gasteiger charge is -2.05. The van der Waals surface area contributed by atoms with Crippen LogP contribution in [0.5, 0.6) is 0 Å². The maximum atomic E-state index is 13.5. The van der Waals surface area contributed by atoms with E-state index >= 15 is 0 Å². The average Bonchev–Trinajstić information content (AvgIpc) is 2.86. The van der Waals surface area contributed by atoms with Crippen LogP contribution in [0.15, 0.2) is 33.9 Å². The molecule has 0 amide bonds. The summed E-state index contributed by atoms with van der Waals surface area (Å²) in [6, 6.07) is 6.69. The molecular weight excluding hydrogens is 277 g/mol. The quantitative estimate of drug-likeness (QED) is 0.832. The summed E-state index contributed by atoms with van der Waals surface area (Å²) in [7, 11) is 0. The van der Waals surface area contributed by atoms with Gasteiger partial charge in [0.25, 0.3) is 11.1 Å². The molecule has 0 saturated heterocycles. The van der Waals surface area contributed by atoms with E-state index in [1.54, 1.807) is 12.1 Å². The van der Waals surface area contributed by atoms with Crippen LogP contribution in [-0.2, 0) is 5.75 Å². The fraction of sp³-hybridized carbons (Fsp3) is 0.429. The fourth-order valence-electron chi connectivity index (χ4n) is 1.87. The van der Waals surface area contributed by atoms with Gasteiger partial charge in [0.1, 0.15) is 5.82 Å². The number of quaternary nitrogens is 1. The molecule has 0 aliphatic carbocycles. The molecule has 3 N–H and O–H groups in total. The van der Waals surface area contributed by atoms with Crippen molar-refractivity contribution < 1.29 is 14.5 Å². The van der Waals surface area contributed by atoms with E-state index in [0.717, 1.165) is 6.42 Å². The van der Waals surface area contributed by atoms with Crippen molar-refractivity contribution in [2.24, 2.45) is 5.92 Å². The Hall–Kier alpha value is -1.40. The van der Waals surface area contributed by atoms with Crippen molar-refractivity contribution in [2.45, 2.75) is 37.3 Å². The highest BCUT2D eigenvalue weighted by Crippen LogP contribution is 2.25. The van der Waals surface area contributed by atoms with Crippen LogP contribution in [0.2, 0.25) is 0 Å². The smallest absolute Gasteiger partial charge is 0.277 e. The topological polar surface area (TPSA) is 66.6 Å². The van der Waals surface area contributed by atoms with Crippen LogP contribution in [0.25, 0.3) is 0 Å². The molecule has 2 aromatic rings. The number of halogens is 1. The molecule has 2 rings (SSSR count). The number of aromatic nitrogens is 2. The van der Waals surface area contributed by atoms with Gasteiger partial charge >= 0.3 is 0 Å². The maximum absolute atomic E-state index is 13.5.